The third kappa shape index (κ3) is 8.29. The van der Waals surface area contributed by atoms with Gasteiger partial charge < -0.3 is 25.4 Å². The van der Waals surface area contributed by atoms with Gasteiger partial charge in [0.05, 0.1) is 0 Å². The number of alkyl carbamates (subject to hydrolysis) is 1. The molecule has 3 amide bonds. The van der Waals surface area contributed by atoms with E-state index in [1.54, 1.807) is 39.8 Å². The van der Waals surface area contributed by atoms with Gasteiger partial charge in [0.25, 0.3) is 0 Å². The highest BCUT2D eigenvalue weighted by atomic mass is 16.6. The lowest BCUT2D eigenvalue weighted by Gasteiger charge is -2.35. The summed E-state index contributed by atoms with van der Waals surface area (Å²) in [5.74, 6) is -0.891. The molecule has 0 bridgehead atoms. The van der Waals surface area contributed by atoms with E-state index in [1.165, 1.54) is 17.0 Å². The van der Waals surface area contributed by atoms with E-state index in [4.69, 9.17) is 4.74 Å². The Balaban J connectivity index is 2.38. The van der Waals surface area contributed by atoms with Crippen molar-refractivity contribution in [1.29, 1.82) is 0 Å². The highest BCUT2D eigenvalue weighted by molar-refractivity contribution is 5.92. The molecule has 2 aromatic rings. The largest absolute Gasteiger partial charge is 0.508 e. The third-order valence-electron chi connectivity index (χ3n) is 5.85. The zero-order valence-corrected chi connectivity index (χ0v) is 22.1. The lowest BCUT2D eigenvalue weighted by Crippen LogP contribution is -2.55. The number of benzene rings is 2. The molecule has 0 radical (unpaired) electrons. The number of ether oxygens (including phenoxy) is 1. The quantitative estimate of drug-likeness (QED) is 0.447. The van der Waals surface area contributed by atoms with Crippen LogP contribution in [0.25, 0.3) is 0 Å². The molecular weight excluding hydrogens is 458 g/mol. The minimum absolute atomic E-state index is 0.0562. The summed E-state index contributed by atoms with van der Waals surface area (Å²) in [5.41, 5.74) is 0.756. The van der Waals surface area contributed by atoms with Crippen LogP contribution in [0.3, 0.4) is 0 Å². The van der Waals surface area contributed by atoms with Crippen molar-refractivity contribution in [2.75, 3.05) is 6.54 Å². The maximum atomic E-state index is 13.9. The fraction of sp³-hybridized carbons (Fsp3) is 0.464. The van der Waals surface area contributed by atoms with Crippen molar-refractivity contribution in [3.8, 4) is 5.75 Å². The molecule has 2 rings (SSSR count). The summed E-state index contributed by atoms with van der Waals surface area (Å²) in [4.78, 5) is 41.4. The first kappa shape index (κ1) is 28.7. The summed E-state index contributed by atoms with van der Waals surface area (Å²) in [7, 11) is 0. The number of rotatable bonds is 10. The molecule has 0 aliphatic rings. The van der Waals surface area contributed by atoms with Crippen LogP contribution in [-0.4, -0.2) is 46.1 Å². The van der Waals surface area contributed by atoms with Gasteiger partial charge in [-0.15, -0.1) is 0 Å². The molecule has 0 aliphatic heterocycles. The minimum Gasteiger partial charge on any atom is -0.508 e. The van der Waals surface area contributed by atoms with E-state index < -0.39 is 23.8 Å². The highest BCUT2D eigenvalue weighted by Crippen LogP contribution is 2.26. The molecule has 0 aromatic heterocycles. The molecule has 3 unspecified atom stereocenters. The average molecular weight is 498 g/mol. The van der Waals surface area contributed by atoms with Crippen molar-refractivity contribution in [3.63, 3.8) is 0 Å². The normalized spacial score (nSPS) is 13.7. The van der Waals surface area contributed by atoms with Gasteiger partial charge in [-0.3, -0.25) is 9.59 Å². The van der Waals surface area contributed by atoms with Gasteiger partial charge in [0.2, 0.25) is 11.8 Å². The molecule has 0 saturated heterocycles. The molecule has 3 atom stereocenters. The van der Waals surface area contributed by atoms with Crippen molar-refractivity contribution in [2.24, 2.45) is 5.92 Å². The molecule has 0 aliphatic carbocycles. The number of phenols is 1. The maximum absolute atomic E-state index is 13.9. The number of amides is 3. The number of phenolic OH excluding ortho intramolecular Hbond substituents is 1. The average Bonchev–Trinajstić information content (AvgIpc) is 2.83. The smallest absolute Gasteiger partial charge is 0.408 e. The number of aromatic hydroxyl groups is 1. The van der Waals surface area contributed by atoms with Gasteiger partial charge in [0, 0.05) is 13.1 Å². The van der Waals surface area contributed by atoms with Gasteiger partial charge in [-0.05, 0) is 56.9 Å². The lowest BCUT2D eigenvalue weighted by atomic mass is 9.95. The summed E-state index contributed by atoms with van der Waals surface area (Å²) in [6.45, 7) is 11.4. The molecular formula is C28H39N3O5. The second-order valence-corrected chi connectivity index (χ2v) is 9.83. The van der Waals surface area contributed by atoms with E-state index in [9.17, 15) is 19.5 Å². The van der Waals surface area contributed by atoms with E-state index in [1.807, 2.05) is 44.2 Å². The SMILES string of the molecule is CCC(C)C(NC(=O)OC(C)(C)C)C(=O)N(CC)C(C(=O)NCc1ccccc1)c1ccc(O)cc1. The van der Waals surface area contributed by atoms with Crippen LogP contribution in [0.4, 0.5) is 4.79 Å². The van der Waals surface area contributed by atoms with Crippen LogP contribution in [0.5, 0.6) is 5.75 Å². The van der Waals surface area contributed by atoms with Crippen LogP contribution in [0, 0.1) is 5.92 Å². The van der Waals surface area contributed by atoms with Crippen molar-refractivity contribution < 1.29 is 24.2 Å². The summed E-state index contributed by atoms with van der Waals surface area (Å²) in [5, 5.41) is 15.4. The van der Waals surface area contributed by atoms with Crippen LogP contribution in [-0.2, 0) is 20.9 Å². The van der Waals surface area contributed by atoms with Gasteiger partial charge in [-0.2, -0.15) is 0 Å². The van der Waals surface area contributed by atoms with E-state index >= 15 is 0 Å². The molecule has 8 nitrogen and oxygen atoms in total. The van der Waals surface area contributed by atoms with Crippen LogP contribution < -0.4 is 10.6 Å². The van der Waals surface area contributed by atoms with Crippen LogP contribution in [0.15, 0.2) is 54.6 Å². The summed E-state index contributed by atoms with van der Waals surface area (Å²) in [6.07, 6.45) is -0.0553. The number of hydrogen-bond donors (Lipinski definition) is 3. The summed E-state index contributed by atoms with van der Waals surface area (Å²) >= 11 is 0. The Kier molecular flexibility index (Phi) is 10.3. The predicted molar refractivity (Wildman–Crippen MR) is 139 cm³/mol. The lowest BCUT2D eigenvalue weighted by molar-refractivity contribution is -0.143. The Morgan fingerprint density at radius 2 is 1.61 bits per heavy atom. The fourth-order valence-electron chi connectivity index (χ4n) is 3.77. The molecule has 0 fully saturated rings. The number of carbonyl (C=O) groups is 3. The molecule has 196 valence electrons. The fourth-order valence-corrected chi connectivity index (χ4v) is 3.77. The van der Waals surface area contributed by atoms with Crippen molar-refractivity contribution >= 4 is 17.9 Å². The van der Waals surface area contributed by atoms with E-state index in [-0.39, 0.29) is 30.0 Å². The molecule has 8 heteroatoms. The molecule has 2 aromatic carbocycles. The van der Waals surface area contributed by atoms with E-state index in [2.05, 4.69) is 10.6 Å². The monoisotopic (exact) mass is 497 g/mol. The summed E-state index contributed by atoms with van der Waals surface area (Å²) in [6, 6.07) is 13.9. The van der Waals surface area contributed by atoms with Crippen molar-refractivity contribution in [1.82, 2.24) is 15.5 Å². The predicted octanol–water partition coefficient (Wildman–Crippen LogP) is 4.54. The number of hydrogen-bond acceptors (Lipinski definition) is 5. The Bertz CT molecular complexity index is 1000. The first-order chi connectivity index (χ1) is 17.0. The van der Waals surface area contributed by atoms with Gasteiger partial charge >= 0.3 is 6.09 Å². The Morgan fingerprint density at radius 3 is 2.14 bits per heavy atom. The van der Waals surface area contributed by atoms with Crippen molar-refractivity contribution in [2.45, 2.75) is 72.2 Å². The van der Waals surface area contributed by atoms with E-state index in [0.29, 0.717) is 18.5 Å². The first-order valence-corrected chi connectivity index (χ1v) is 12.4. The molecule has 3 N–H and O–H groups in total. The molecule has 36 heavy (non-hydrogen) atoms. The van der Waals surface area contributed by atoms with Crippen LogP contribution in [0.2, 0.25) is 0 Å². The topological polar surface area (TPSA) is 108 Å². The third-order valence-corrected chi connectivity index (χ3v) is 5.85. The number of carbonyl (C=O) groups excluding carboxylic acids is 3. The Labute approximate surface area is 214 Å². The Morgan fingerprint density at radius 1 is 1.00 bits per heavy atom. The van der Waals surface area contributed by atoms with Crippen molar-refractivity contribution in [3.05, 3.63) is 65.7 Å². The molecule has 0 heterocycles. The molecule has 0 spiro atoms. The summed E-state index contributed by atoms with van der Waals surface area (Å²) < 4.78 is 5.39. The van der Waals surface area contributed by atoms with Crippen LogP contribution in [0.1, 0.15) is 65.1 Å². The van der Waals surface area contributed by atoms with Gasteiger partial charge in [-0.25, -0.2) is 4.79 Å². The van der Waals surface area contributed by atoms with E-state index in [0.717, 1.165) is 5.56 Å². The highest BCUT2D eigenvalue weighted by Gasteiger charge is 2.37. The zero-order valence-electron chi connectivity index (χ0n) is 22.1. The first-order valence-electron chi connectivity index (χ1n) is 12.4. The van der Waals surface area contributed by atoms with Gasteiger partial charge in [-0.1, -0.05) is 62.7 Å². The second-order valence-electron chi connectivity index (χ2n) is 9.83. The number of likely N-dealkylation sites (N-methyl/N-ethyl adjacent to an activating group) is 1. The standard InChI is InChI=1S/C28H39N3O5/c1-7-19(3)23(30-27(35)36-28(4,5)6)26(34)31(8-2)24(21-14-16-22(32)17-15-21)25(33)29-18-20-12-10-9-11-13-20/h9-17,19,23-24,32H,7-8,18H2,1-6H3,(H,29,33)(H,30,35). The minimum atomic E-state index is -0.959. The molecule has 0 saturated carbocycles. The number of nitrogens with zero attached hydrogens (tertiary/aromatic N) is 1. The van der Waals surface area contributed by atoms with Crippen LogP contribution >= 0.6 is 0 Å². The van der Waals surface area contributed by atoms with Gasteiger partial charge in [0.1, 0.15) is 23.4 Å². The number of nitrogens with one attached hydrogen (secondary N) is 2. The second kappa shape index (κ2) is 13.0. The maximum Gasteiger partial charge on any atom is 0.408 e. The Hall–Kier alpha value is -3.55. The zero-order chi connectivity index (χ0) is 26.9. The van der Waals surface area contributed by atoms with Gasteiger partial charge in [0.15, 0.2) is 0 Å².